The Balaban J connectivity index is 3.08. The Morgan fingerprint density at radius 2 is 0.846 bits per heavy atom. The van der Waals surface area contributed by atoms with Gasteiger partial charge in [-0.05, 0) is 73.2 Å². The van der Waals surface area contributed by atoms with Crippen LogP contribution in [0, 0.1) is 27.7 Å². The molecule has 0 aliphatic heterocycles. The zero-order valence-electron chi connectivity index (χ0n) is 14.3. The first-order valence-corrected chi connectivity index (χ1v) is 7.49. The molecule has 0 bridgehead atoms. The van der Waals surface area contributed by atoms with Crippen molar-refractivity contribution in [2.75, 3.05) is 0 Å². The molecule has 0 spiro atoms. The van der Waals surface area contributed by atoms with E-state index in [0.29, 0.717) is 12.1 Å². The van der Waals surface area contributed by atoms with E-state index in [2.05, 4.69) is 0 Å². The number of aromatic hydroxyl groups is 2. The van der Waals surface area contributed by atoms with Gasteiger partial charge in [0.05, 0.1) is 11.1 Å². The van der Waals surface area contributed by atoms with Crippen molar-refractivity contribution in [3.8, 4) is 22.6 Å². The number of phenolic OH excluding ortho intramolecular Hbond substituents is 2. The molecule has 0 saturated carbocycles. The second-order valence-electron chi connectivity index (χ2n) is 6.13. The summed E-state index contributed by atoms with van der Waals surface area (Å²) in [5.74, 6) is -1.12. The van der Waals surface area contributed by atoms with Crippen LogP contribution in [0.15, 0.2) is 12.1 Å². The average Bonchev–Trinajstić information content (AvgIpc) is 2.46. The van der Waals surface area contributed by atoms with E-state index in [1.54, 1.807) is 0 Å². The van der Waals surface area contributed by atoms with Crippen LogP contribution in [0.2, 0.25) is 0 Å². The number of alkyl halides is 6. The Morgan fingerprint density at radius 1 is 0.577 bits per heavy atom. The summed E-state index contributed by atoms with van der Waals surface area (Å²) >= 11 is 0. The van der Waals surface area contributed by atoms with Gasteiger partial charge in [-0.1, -0.05) is 0 Å². The number of hydrogen-bond acceptors (Lipinski definition) is 2. The van der Waals surface area contributed by atoms with Gasteiger partial charge in [-0.15, -0.1) is 0 Å². The van der Waals surface area contributed by atoms with Gasteiger partial charge in [-0.3, -0.25) is 0 Å². The number of halogens is 6. The minimum atomic E-state index is -4.95. The highest BCUT2D eigenvalue weighted by Gasteiger charge is 2.41. The van der Waals surface area contributed by atoms with Gasteiger partial charge in [-0.25, -0.2) is 0 Å². The predicted octanol–water partition coefficient (Wildman–Crippen LogP) is 6.04. The largest absolute Gasteiger partial charge is 0.508 e. The van der Waals surface area contributed by atoms with E-state index in [4.69, 9.17) is 0 Å². The summed E-state index contributed by atoms with van der Waals surface area (Å²) in [5.41, 5.74) is -5.13. The molecule has 2 rings (SSSR count). The van der Waals surface area contributed by atoms with Crippen LogP contribution in [-0.2, 0) is 12.4 Å². The third-order valence-electron chi connectivity index (χ3n) is 4.60. The van der Waals surface area contributed by atoms with Gasteiger partial charge in [0.15, 0.2) is 0 Å². The van der Waals surface area contributed by atoms with Crippen LogP contribution in [0.5, 0.6) is 11.5 Å². The van der Waals surface area contributed by atoms with Crippen molar-refractivity contribution in [3.05, 3.63) is 45.5 Å². The highest BCUT2D eigenvalue weighted by Crippen LogP contribution is 2.48. The van der Waals surface area contributed by atoms with Gasteiger partial charge in [0, 0.05) is 0 Å². The molecule has 2 aromatic rings. The predicted molar refractivity (Wildman–Crippen MR) is 84.2 cm³/mol. The van der Waals surface area contributed by atoms with E-state index in [9.17, 15) is 36.6 Å². The average molecular weight is 378 g/mol. The first kappa shape index (κ1) is 19.9. The Morgan fingerprint density at radius 3 is 1.08 bits per heavy atom. The van der Waals surface area contributed by atoms with Gasteiger partial charge in [0.2, 0.25) is 0 Å². The lowest BCUT2D eigenvalue weighted by Gasteiger charge is -2.23. The smallest absolute Gasteiger partial charge is 0.417 e. The minimum Gasteiger partial charge on any atom is -0.508 e. The van der Waals surface area contributed by atoms with Crippen LogP contribution in [0.3, 0.4) is 0 Å². The summed E-state index contributed by atoms with van der Waals surface area (Å²) in [6.45, 7) is 4.64. The Hall–Kier alpha value is -2.38. The molecule has 2 N–H and O–H groups in total. The van der Waals surface area contributed by atoms with E-state index >= 15 is 0 Å². The molecule has 0 atom stereocenters. The molecule has 142 valence electrons. The van der Waals surface area contributed by atoms with E-state index in [1.165, 1.54) is 13.8 Å². The van der Waals surface area contributed by atoms with E-state index in [0.717, 1.165) is 13.8 Å². The summed E-state index contributed by atoms with van der Waals surface area (Å²) in [5, 5.41) is 19.8. The van der Waals surface area contributed by atoms with Crippen molar-refractivity contribution >= 4 is 0 Å². The summed E-state index contributed by atoms with van der Waals surface area (Å²) < 4.78 is 81.5. The quantitative estimate of drug-likeness (QED) is 0.595. The zero-order valence-corrected chi connectivity index (χ0v) is 14.3. The van der Waals surface area contributed by atoms with Gasteiger partial charge < -0.3 is 10.2 Å². The van der Waals surface area contributed by atoms with E-state index in [1.807, 2.05) is 0 Å². The summed E-state index contributed by atoms with van der Waals surface area (Å²) in [6, 6.07) is 1.31. The fraction of sp³-hybridized carbons (Fsp3) is 0.333. The number of benzene rings is 2. The maximum atomic E-state index is 13.6. The standard InChI is InChI=1S/C18H16F6O2/c1-7-9(3)15(17(19,20)21)11(5-13(7)25)12-6-14(26)8(2)10(4)16(12)18(22,23)24/h5-6,25-26H,1-4H3. The molecule has 2 nitrogen and oxygen atoms in total. The first-order chi connectivity index (χ1) is 11.7. The maximum Gasteiger partial charge on any atom is 0.417 e. The fourth-order valence-electron chi connectivity index (χ4n) is 2.95. The Bertz CT molecular complexity index is 806. The van der Waals surface area contributed by atoms with Crippen LogP contribution >= 0.6 is 0 Å². The Kier molecular flexibility index (Phi) is 4.68. The summed E-state index contributed by atoms with van der Waals surface area (Å²) in [7, 11) is 0. The molecular formula is C18H16F6O2. The van der Waals surface area contributed by atoms with Crippen molar-refractivity contribution in [3.63, 3.8) is 0 Å². The van der Waals surface area contributed by atoms with Crippen molar-refractivity contribution < 1.29 is 36.6 Å². The second-order valence-corrected chi connectivity index (χ2v) is 6.13. The minimum absolute atomic E-state index is 0.0808. The highest BCUT2D eigenvalue weighted by molar-refractivity contribution is 5.78. The normalized spacial score (nSPS) is 12.5. The lowest BCUT2D eigenvalue weighted by molar-refractivity contribution is -0.140. The van der Waals surface area contributed by atoms with Crippen molar-refractivity contribution in [1.29, 1.82) is 0 Å². The van der Waals surface area contributed by atoms with Crippen molar-refractivity contribution in [1.82, 2.24) is 0 Å². The Labute approximate surface area is 145 Å². The van der Waals surface area contributed by atoms with Gasteiger partial charge in [0.25, 0.3) is 0 Å². The van der Waals surface area contributed by atoms with Gasteiger partial charge in [-0.2, -0.15) is 26.3 Å². The first-order valence-electron chi connectivity index (χ1n) is 7.49. The fourth-order valence-corrected chi connectivity index (χ4v) is 2.95. The molecule has 0 unspecified atom stereocenters. The lowest BCUT2D eigenvalue weighted by Crippen LogP contribution is -2.15. The van der Waals surface area contributed by atoms with Crippen LogP contribution in [0.4, 0.5) is 26.3 Å². The van der Waals surface area contributed by atoms with Crippen molar-refractivity contribution in [2.24, 2.45) is 0 Å². The van der Waals surface area contributed by atoms with Crippen LogP contribution in [0.25, 0.3) is 11.1 Å². The number of phenols is 2. The van der Waals surface area contributed by atoms with Crippen LogP contribution < -0.4 is 0 Å². The molecule has 8 heteroatoms. The molecule has 0 aliphatic rings. The lowest BCUT2D eigenvalue weighted by atomic mass is 9.86. The van der Waals surface area contributed by atoms with Crippen molar-refractivity contribution in [2.45, 2.75) is 40.0 Å². The molecule has 0 radical (unpaired) electrons. The van der Waals surface area contributed by atoms with Gasteiger partial charge in [0.1, 0.15) is 11.5 Å². The molecule has 0 aliphatic carbocycles. The third-order valence-corrected chi connectivity index (χ3v) is 4.60. The molecule has 26 heavy (non-hydrogen) atoms. The number of hydrogen-bond donors (Lipinski definition) is 2. The summed E-state index contributed by atoms with van der Waals surface area (Å²) in [6.07, 6.45) is -9.90. The maximum absolute atomic E-state index is 13.6. The SMILES string of the molecule is Cc1c(O)cc(-c2cc(O)c(C)c(C)c2C(F)(F)F)c(C(F)(F)F)c1C. The summed E-state index contributed by atoms with van der Waals surface area (Å²) in [4.78, 5) is 0. The van der Waals surface area contributed by atoms with Crippen LogP contribution in [-0.4, -0.2) is 10.2 Å². The molecule has 0 fully saturated rings. The molecule has 2 aromatic carbocycles. The van der Waals surface area contributed by atoms with E-state index in [-0.39, 0.29) is 22.3 Å². The molecule has 0 heterocycles. The highest BCUT2D eigenvalue weighted by atomic mass is 19.4. The second kappa shape index (κ2) is 6.10. The number of rotatable bonds is 1. The molecule has 0 amide bonds. The molecule has 0 saturated heterocycles. The third kappa shape index (κ3) is 3.20. The molecule has 0 aromatic heterocycles. The zero-order chi connectivity index (χ0) is 20.2. The van der Waals surface area contributed by atoms with Gasteiger partial charge >= 0.3 is 12.4 Å². The molecular weight excluding hydrogens is 362 g/mol. The topological polar surface area (TPSA) is 40.5 Å². The monoisotopic (exact) mass is 378 g/mol. The van der Waals surface area contributed by atoms with E-state index < -0.39 is 46.1 Å². The van der Waals surface area contributed by atoms with Crippen LogP contribution in [0.1, 0.15) is 33.4 Å².